The third-order valence-corrected chi connectivity index (χ3v) is 3.39. The Hall–Kier alpha value is -2.13. The lowest BCUT2D eigenvalue weighted by Gasteiger charge is -2.08. The fourth-order valence-electron chi connectivity index (χ4n) is 2.05. The van der Waals surface area contributed by atoms with Gasteiger partial charge in [0.15, 0.2) is 0 Å². The Morgan fingerprint density at radius 2 is 2.00 bits per heavy atom. The van der Waals surface area contributed by atoms with Gasteiger partial charge in [-0.2, -0.15) is 0 Å². The summed E-state index contributed by atoms with van der Waals surface area (Å²) in [5.41, 5.74) is 2.79. The predicted molar refractivity (Wildman–Crippen MR) is 80.5 cm³/mol. The van der Waals surface area contributed by atoms with E-state index in [0.717, 1.165) is 16.5 Å². The van der Waals surface area contributed by atoms with Crippen LogP contribution >= 0.6 is 11.6 Å². The van der Waals surface area contributed by atoms with Crippen LogP contribution in [0.2, 0.25) is 5.02 Å². The zero-order chi connectivity index (χ0) is 13.9. The second kappa shape index (κ2) is 5.47. The molecule has 1 N–H and O–H groups in total. The average Bonchev–Trinajstić information content (AvgIpc) is 2.48. The summed E-state index contributed by atoms with van der Waals surface area (Å²) in [5, 5.41) is 4.40. The van der Waals surface area contributed by atoms with Crippen molar-refractivity contribution in [3.63, 3.8) is 0 Å². The van der Waals surface area contributed by atoms with Crippen molar-refractivity contribution in [2.24, 2.45) is 0 Å². The number of nitrogens with one attached hydrogen (secondary N) is 1. The monoisotopic (exact) mass is 286 g/mol. The number of benzene rings is 2. The molecule has 3 aromatic rings. The second-order valence-corrected chi connectivity index (χ2v) is 4.92. The van der Waals surface area contributed by atoms with E-state index in [1.54, 1.807) is 18.3 Å². The van der Waals surface area contributed by atoms with Crippen LogP contribution in [0.1, 0.15) is 5.56 Å². The maximum absolute atomic E-state index is 13.3. The highest BCUT2D eigenvalue weighted by atomic mass is 35.5. The van der Waals surface area contributed by atoms with E-state index >= 15 is 0 Å². The van der Waals surface area contributed by atoms with Gasteiger partial charge in [0.2, 0.25) is 0 Å². The van der Waals surface area contributed by atoms with Crippen molar-refractivity contribution >= 4 is 28.2 Å². The molecule has 2 aromatic carbocycles. The Kier molecular flexibility index (Phi) is 3.52. The zero-order valence-corrected chi connectivity index (χ0v) is 11.4. The SMILES string of the molecule is Fc1cc(NCc2ccc3ncccc3c2)ccc1Cl. The van der Waals surface area contributed by atoms with Gasteiger partial charge < -0.3 is 5.32 Å². The highest BCUT2D eigenvalue weighted by Crippen LogP contribution is 2.20. The van der Waals surface area contributed by atoms with Crippen LogP contribution in [-0.2, 0) is 6.54 Å². The van der Waals surface area contributed by atoms with Gasteiger partial charge in [0.05, 0.1) is 10.5 Å². The Morgan fingerprint density at radius 3 is 2.85 bits per heavy atom. The fourth-order valence-corrected chi connectivity index (χ4v) is 2.16. The Morgan fingerprint density at radius 1 is 1.10 bits per heavy atom. The number of halogens is 2. The predicted octanol–water partition coefficient (Wildman–Crippen LogP) is 4.64. The van der Waals surface area contributed by atoms with Crippen LogP contribution in [0.15, 0.2) is 54.7 Å². The summed E-state index contributed by atoms with van der Waals surface area (Å²) in [7, 11) is 0. The molecular formula is C16H12ClFN2. The normalized spacial score (nSPS) is 10.7. The van der Waals surface area contributed by atoms with Crippen molar-refractivity contribution in [1.82, 2.24) is 4.98 Å². The average molecular weight is 287 g/mol. The molecule has 0 saturated carbocycles. The van der Waals surface area contributed by atoms with E-state index in [0.29, 0.717) is 12.2 Å². The van der Waals surface area contributed by atoms with Crippen LogP contribution in [0, 0.1) is 5.82 Å². The lowest BCUT2D eigenvalue weighted by molar-refractivity contribution is 0.628. The van der Waals surface area contributed by atoms with Crippen LogP contribution < -0.4 is 5.32 Å². The van der Waals surface area contributed by atoms with Crippen molar-refractivity contribution in [2.75, 3.05) is 5.32 Å². The molecule has 1 aromatic heterocycles. The van der Waals surface area contributed by atoms with Crippen LogP contribution in [0.25, 0.3) is 10.9 Å². The van der Waals surface area contributed by atoms with Gasteiger partial charge >= 0.3 is 0 Å². The molecule has 4 heteroatoms. The molecule has 3 rings (SSSR count). The van der Waals surface area contributed by atoms with E-state index < -0.39 is 5.82 Å². The molecule has 0 atom stereocenters. The van der Waals surface area contributed by atoms with Gasteiger partial charge in [0.25, 0.3) is 0 Å². The maximum Gasteiger partial charge on any atom is 0.143 e. The third-order valence-electron chi connectivity index (χ3n) is 3.08. The highest BCUT2D eigenvalue weighted by Gasteiger charge is 2.01. The van der Waals surface area contributed by atoms with Gasteiger partial charge in [0, 0.05) is 23.8 Å². The summed E-state index contributed by atoms with van der Waals surface area (Å²) in [6.07, 6.45) is 1.77. The number of fused-ring (bicyclic) bond motifs is 1. The van der Waals surface area contributed by atoms with Crippen molar-refractivity contribution < 1.29 is 4.39 Å². The zero-order valence-electron chi connectivity index (χ0n) is 10.6. The third kappa shape index (κ3) is 2.73. The first kappa shape index (κ1) is 12.9. The molecule has 0 aliphatic heterocycles. The van der Waals surface area contributed by atoms with E-state index in [1.165, 1.54) is 6.07 Å². The first-order valence-corrected chi connectivity index (χ1v) is 6.63. The van der Waals surface area contributed by atoms with Gasteiger partial charge in [-0.25, -0.2) is 4.39 Å². The van der Waals surface area contributed by atoms with E-state index in [2.05, 4.69) is 16.4 Å². The molecule has 0 aliphatic carbocycles. The summed E-state index contributed by atoms with van der Waals surface area (Å²) in [6, 6.07) is 14.7. The first-order chi connectivity index (χ1) is 9.72. The minimum atomic E-state index is -0.417. The molecule has 20 heavy (non-hydrogen) atoms. The standard InChI is InChI=1S/C16H12ClFN2/c17-14-5-4-13(9-15(14)18)20-10-11-3-6-16-12(8-11)2-1-7-19-16/h1-9,20H,10H2. The smallest absolute Gasteiger partial charge is 0.143 e. The number of aromatic nitrogens is 1. The number of hydrogen-bond donors (Lipinski definition) is 1. The summed E-state index contributed by atoms with van der Waals surface area (Å²) >= 11 is 5.65. The summed E-state index contributed by atoms with van der Waals surface area (Å²) < 4.78 is 13.3. The van der Waals surface area contributed by atoms with Crippen molar-refractivity contribution in [3.8, 4) is 0 Å². The van der Waals surface area contributed by atoms with Gasteiger partial charge in [-0.3, -0.25) is 4.98 Å². The van der Waals surface area contributed by atoms with E-state index in [1.807, 2.05) is 24.3 Å². The minimum absolute atomic E-state index is 0.132. The maximum atomic E-state index is 13.3. The van der Waals surface area contributed by atoms with E-state index in [-0.39, 0.29) is 5.02 Å². The molecule has 0 aliphatic rings. The molecule has 0 saturated heterocycles. The molecule has 100 valence electrons. The summed E-state index contributed by atoms with van der Waals surface area (Å²) in [5.74, 6) is -0.417. The van der Waals surface area contributed by atoms with Gasteiger partial charge in [0.1, 0.15) is 5.82 Å². The summed E-state index contributed by atoms with van der Waals surface area (Å²) in [6.45, 7) is 0.617. The van der Waals surface area contributed by atoms with E-state index in [4.69, 9.17) is 11.6 Å². The van der Waals surface area contributed by atoms with Crippen LogP contribution in [0.4, 0.5) is 10.1 Å². The molecule has 1 heterocycles. The Balaban J connectivity index is 1.77. The van der Waals surface area contributed by atoms with Crippen molar-refractivity contribution in [1.29, 1.82) is 0 Å². The van der Waals surface area contributed by atoms with Crippen molar-refractivity contribution in [2.45, 2.75) is 6.54 Å². The Labute approximate surface area is 121 Å². The lowest BCUT2D eigenvalue weighted by Crippen LogP contribution is -1.99. The summed E-state index contributed by atoms with van der Waals surface area (Å²) in [4.78, 5) is 4.28. The first-order valence-electron chi connectivity index (χ1n) is 6.25. The number of anilines is 1. The molecular weight excluding hydrogens is 275 g/mol. The Bertz CT molecular complexity index is 758. The largest absolute Gasteiger partial charge is 0.381 e. The van der Waals surface area contributed by atoms with Crippen LogP contribution in [0.3, 0.4) is 0 Å². The van der Waals surface area contributed by atoms with Crippen molar-refractivity contribution in [3.05, 3.63) is 71.1 Å². The molecule has 0 radical (unpaired) electrons. The van der Waals surface area contributed by atoms with Crippen LogP contribution in [-0.4, -0.2) is 4.98 Å². The minimum Gasteiger partial charge on any atom is -0.381 e. The highest BCUT2D eigenvalue weighted by molar-refractivity contribution is 6.30. The van der Waals surface area contributed by atoms with Gasteiger partial charge in [-0.1, -0.05) is 23.7 Å². The number of pyridine rings is 1. The van der Waals surface area contributed by atoms with Crippen LogP contribution in [0.5, 0.6) is 0 Å². The lowest BCUT2D eigenvalue weighted by atomic mass is 10.1. The topological polar surface area (TPSA) is 24.9 Å². The van der Waals surface area contributed by atoms with E-state index in [9.17, 15) is 4.39 Å². The molecule has 0 fully saturated rings. The number of rotatable bonds is 3. The number of hydrogen-bond acceptors (Lipinski definition) is 2. The second-order valence-electron chi connectivity index (χ2n) is 4.51. The fraction of sp³-hybridized carbons (Fsp3) is 0.0625. The quantitative estimate of drug-likeness (QED) is 0.759. The molecule has 0 unspecified atom stereocenters. The van der Waals surface area contributed by atoms with Gasteiger partial charge in [-0.15, -0.1) is 0 Å². The molecule has 2 nitrogen and oxygen atoms in total. The molecule has 0 amide bonds. The number of nitrogens with zero attached hydrogens (tertiary/aromatic N) is 1. The molecule has 0 spiro atoms. The molecule has 0 bridgehead atoms. The van der Waals surface area contributed by atoms with Gasteiger partial charge in [-0.05, 0) is 42.0 Å².